The van der Waals surface area contributed by atoms with Crippen LogP contribution in [0.25, 0.3) is 16.8 Å². The molecule has 1 amide bonds. The van der Waals surface area contributed by atoms with Crippen LogP contribution < -0.4 is 11.1 Å². The number of hydrogen-bond acceptors (Lipinski definition) is 9. The van der Waals surface area contributed by atoms with Crippen LogP contribution in [0.2, 0.25) is 10.0 Å². The molecular formula is C25H25Cl2N9OS. The van der Waals surface area contributed by atoms with Crippen LogP contribution in [0.4, 0.5) is 11.6 Å². The molecule has 0 unspecified atom stereocenters. The lowest BCUT2D eigenvalue weighted by Gasteiger charge is -2.31. The fraction of sp³-hybridized carbons (Fsp3) is 0.320. The van der Waals surface area contributed by atoms with Crippen molar-refractivity contribution >= 4 is 57.6 Å². The van der Waals surface area contributed by atoms with Crippen molar-refractivity contribution in [3.05, 3.63) is 56.1 Å². The monoisotopic (exact) mass is 569 g/mol. The molecular weight excluding hydrogens is 545 g/mol. The maximum atomic E-state index is 13.2. The van der Waals surface area contributed by atoms with Gasteiger partial charge in [-0.2, -0.15) is 10.4 Å². The molecule has 1 saturated heterocycles. The first-order chi connectivity index (χ1) is 18.3. The van der Waals surface area contributed by atoms with Crippen molar-refractivity contribution in [3.8, 4) is 17.3 Å². The highest BCUT2D eigenvalue weighted by Crippen LogP contribution is 2.31. The number of thiazole rings is 1. The molecule has 0 saturated carbocycles. The number of benzene rings is 1. The summed E-state index contributed by atoms with van der Waals surface area (Å²) in [4.78, 5) is 26.8. The van der Waals surface area contributed by atoms with Gasteiger partial charge in [-0.3, -0.25) is 4.79 Å². The van der Waals surface area contributed by atoms with Crippen LogP contribution in [-0.4, -0.2) is 75.1 Å². The second-order valence-electron chi connectivity index (χ2n) is 9.02. The average molecular weight is 571 g/mol. The van der Waals surface area contributed by atoms with E-state index in [1.54, 1.807) is 28.9 Å². The Hall–Kier alpha value is -3.43. The zero-order valence-corrected chi connectivity index (χ0v) is 22.9. The second-order valence-corrected chi connectivity index (χ2v) is 10.9. The minimum absolute atomic E-state index is 0.103. The van der Waals surface area contributed by atoms with Crippen LogP contribution in [0.3, 0.4) is 0 Å². The fourth-order valence-corrected chi connectivity index (χ4v) is 5.56. The molecule has 10 nitrogen and oxygen atoms in total. The molecule has 0 radical (unpaired) electrons. The third-order valence-electron chi connectivity index (χ3n) is 6.33. The van der Waals surface area contributed by atoms with Gasteiger partial charge in [-0.05, 0) is 31.7 Å². The number of aryl methyl sites for hydroxylation is 1. The lowest BCUT2D eigenvalue weighted by molar-refractivity contribution is 0.0658. The third kappa shape index (κ3) is 5.54. The molecule has 38 heavy (non-hydrogen) atoms. The number of aromatic nitrogens is 4. The van der Waals surface area contributed by atoms with Gasteiger partial charge in [0.15, 0.2) is 17.3 Å². The summed E-state index contributed by atoms with van der Waals surface area (Å²) in [5, 5.41) is 18.9. The summed E-state index contributed by atoms with van der Waals surface area (Å²) in [5.74, 6) is 0.747. The summed E-state index contributed by atoms with van der Waals surface area (Å²) in [7, 11) is 2.05. The second kappa shape index (κ2) is 11.1. The van der Waals surface area contributed by atoms with Crippen LogP contribution in [0.15, 0.2) is 30.5 Å². The van der Waals surface area contributed by atoms with Crippen molar-refractivity contribution in [2.75, 3.05) is 50.8 Å². The number of piperazine rings is 1. The zero-order valence-electron chi connectivity index (χ0n) is 20.6. The number of nitrogen functional groups attached to an aromatic ring is 1. The maximum absolute atomic E-state index is 13.2. The molecule has 3 N–H and O–H groups in total. The van der Waals surface area contributed by atoms with E-state index in [2.05, 4.69) is 26.4 Å². The number of likely N-dealkylation sites (N-methyl/N-ethyl adjacent to an activating group) is 1. The Morgan fingerprint density at radius 3 is 2.71 bits per heavy atom. The highest BCUT2D eigenvalue weighted by atomic mass is 35.5. The number of anilines is 2. The summed E-state index contributed by atoms with van der Waals surface area (Å²) in [6.45, 7) is 3.55. The normalized spacial score (nSPS) is 14.1. The first kappa shape index (κ1) is 26.2. The Kier molecular flexibility index (Phi) is 7.67. The Labute approximate surface area is 233 Å². The Balaban J connectivity index is 1.42. The first-order valence-electron chi connectivity index (χ1n) is 12.0. The van der Waals surface area contributed by atoms with E-state index < -0.39 is 0 Å². The van der Waals surface area contributed by atoms with Gasteiger partial charge in [0.05, 0.1) is 21.9 Å². The van der Waals surface area contributed by atoms with Crippen LogP contribution in [0, 0.1) is 11.3 Å². The summed E-state index contributed by atoms with van der Waals surface area (Å²) < 4.78 is 1.67. The number of nitrogens with zero attached hydrogens (tertiary/aromatic N) is 7. The molecule has 4 heterocycles. The molecule has 1 aliphatic rings. The van der Waals surface area contributed by atoms with E-state index >= 15 is 0 Å². The largest absolute Gasteiger partial charge is 0.382 e. The molecule has 0 aliphatic carbocycles. The van der Waals surface area contributed by atoms with Crippen molar-refractivity contribution in [2.24, 2.45) is 0 Å². The number of carbonyl (C=O) groups excluding carboxylic acids is 1. The van der Waals surface area contributed by atoms with Crippen molar-refractivity contribution in [1.29, 1.82) is 5.26 Å². The van der Waals surface area contributed by atoms with Gasteiger partial charge in [-0.1, -0.05) is 23.2 Å². The van der Waals surface area contributed by atoms with Gasteiger partial charge in [0.2, 0.25) is 0 Å². The minimum atomic E-state index is -0.103. The smallest absolute Gasteiger partial charge is 0.274 e. The highest BCUT2D eigenvalue weighted by Gasteiger charge is 2.24. The number of nitrogens with one attached hydrogen (secondary N) is 1. The molecule has 0 spiro atoms. The maximum Gasteiger partial charge on any atom is 0.274 e. The number of rotatable bonds is 7. The predicted molar refractivity (Wildman–Crippen MR) is 150 cm³/mol. The topological polar surface area (TPSA) is 128 Å². The summed E-state index contributed by atoms with van der Waals surface area (Å²) >= 11 is 13.9. The molecule has 3 aromatic heterocycles. The lowest BCUT2D eigenvalue weighted by atomic mass is 10.1. The lowest BCUT2D eigenvalue weighted by Crippen LogP contribution is -2.47. The zero-order chi connectivity index (χ0) is 26.8. The van der Waals surface area contributed by atoms with E-state index in [0.29, 0.717) is 69.3 Å². The van der Waals surface area contributed by atoms with Gasteiger partial charge < -0.3 is 20.9 Å². The number of nitrogens with two attached hydrogens (primary N) is 1. The number of amides is 1. The van der Waals surface area contributed by atoms with Crippen molar-refractivity contribution in [1.82, 2.24) is 29.4 Å². The molecule has 1 aromatic carbocycles. The van der Waals surface area contributed by atoms with Crippen LogP contribution >= 0.6 is 34.5 Å². The van der Waals surface area contributed by atoms with Gasteiger partial charge in [-0.25, -0.2) is 14.5 Å². The average Bonchev–Trinajstić information content (AvgIpc) is 3.49. The summed E-state index contributed by atoms with van der Waals surface area (Å²) in [5.41, 5.74) is 8.12. The van der Waals surface area contributed by atoms with Gasteiger partial charge in [0.1, 0.15) is 16.5 Å². The van der Waals surface area contributed by atoms with Crippen molar-refractivity contribution < 1.29 is 4.79 Å². The molecule has 13 heteroatoms. The van der Waals surface area contributed by atoms with E-state index in [4.69, 9.17) is 39.2 Å². The number of hydrogen-bond donors (Lipinski definition) is 2. The molecule has 5 rings (SSSR count). The van der Waals surface area contributed by atoms with Crippen molar-refractivity contribution in [3.63, 3.8) is 0 Å². The van der Waals surface area contributed by atoms with Crippen LogP contribution in [0.1, 0.15) is 26.8 Å². The minimum Gasteiger partial charge on any atom is -0.382 e. The molecule has 0 atom stereocenters. The van der Waals surface area contributed by atoms with E-state index in [9.17, 15) is 4.79 Å². The highest BCUT2D eigenvalue weighted by molar-refractivity contribution is 7.12. The number of fused-ring (bicyclic) bond motifs is 1. The molecule has 4 aromatic rings. The van der Waals surface area contributed by atoms with Crippen LogP contribution in [-0.2, 0) is 6.42 Å². The van der Waals surface area contributed by atoms with Gasteiger partial charge in [0, 0.05) is 55.8 Å². The van der Waals surface area contributed by atoms with E-state index in [1.807, 2.05) is 18.0 Å². The van der Waals surface area contributed by atoms with E-state index in [0.717, 1.165) is 24.5 Å². The van der Waals surface area contributed by atoms with E-state index in [1.165, 1.54) is 11.3 Å². The number of carbonyl (C=O) groups is 1. The Morgan fingerprint density at radius 1 is 1.21 bits per heavy atom. The van der Waals surface area contributed by atoms with Gasteiger partial charge in [-0.15, -0.1) is 11.3 Å². The Bertz CT molecular complexity index is 1540. The Morgan fingerprint density at radius 2 is 2.00 bits per heavy atom. The first-order valence-corrected chi connectivity index (χ1v) is 13.6. The van der Waals surface area contributed by atoms with Gasteiger partial charge in [0.25, 0.3) is 5.91 Å². The number of nitriles is 1. The standard InChI is InChI=1S/C25H25Cl2N9OS/c1-34-7-9-35(10-8-34)25(37)18-12-20-24(30-6-2-3-22-32-23(29)21(13-28)38-22)31-19(14-36(20)33-18)16-5-4-15(26)11-17(16)27/h4-5,11-12,14H,2-3,6-10,29H2,1H3,(H,30,31). The third-order valence-corrected chi connectivity index (χ3v) is 7.91. The summed E-state index contributed by atoms with van der Waals surface area (Å²) in [6, 6.07) is 9.05. The van der Waals surface area contributed by atoms with Gasteiger partial charge >= 0.3 is 0 Å². The molecule has 0 bridgehead atoms. The van der Waals surface area contributed by atoms with Crippen molar-refractivity contribution in [2.45, 2.75) is 12.8 Å². The molecule has 1 aliphatic heterocycles. The molecule has 196 valence electrons. The molecule has 1 fully saturated rings. The number of halogens is 2. The SMILES string of the molecule is CN1CCN(C(=O)c2cc3c(NCCCc4nc(N)c(C#N)s4)nc(-c4ccc(Cl)cc4Cl)cn3n2)CC1. The van der Waals surface area contributed by atoms with E-state index in [-0.39, 0.29) is 11.7 Å². The van der Waals surface area contributed by atoms with Crippen LogP contribution in [0.5, 0.6) is 0 Å². The fourth-order valence-electron chi connectivity index (χ4n) is 4.24. The summed E-state index contributed by atoms with van der Waals surface area (Å²) in [6.07, 6.45) is 3.16. The quantitative estimate of drug-likeness (QED) is 0.319. The predicted octanol–water partition coefficient (Wildman–Crippen LogP) is 4.05.